The van der Waals surface area contributed by atoms with Crippen molar-refractivity contribution in [1.82, 2.24) is 0 Å². The van der Waals surface area contributed by atoms with Crippen LogP contribution in [0.1, 0.15) is 61.4 Å². The lowest BCUT2D eigenvalue weighted by molar-refractivity contribution is 0.0697. The van der Waals surface area contributed by atoms with Crippen molar-refractivity contribution < 1.29 is 9.90 Å². The van der Waals surface area contributed by atoms with Gasteiger partial charge in [0.1, 0.15) is 0 Å². The van der Waals surface area contributed by atoms with Gasteiger partial charge in [0.15, 0.2) is 0 Å². The van der Waals surface area contributed by atoms with E-state index in [1.165, 1.54) is 38.5 Å². The summed E-state index contributed by atoms with van der Waals surface area (Å²) in [6.45, 7) is 2.27. The lowest BCUT2D eigenvalue weighted by atomic mass is 9.80. The molecule has 0 aromatic heterocycles. The average molecular weight is 272 g/mol. The van der Waals surface area contributed by atoms with Crippen LogP contribution in [0.3, 0.4) is 0 Å². The molecule has 0 radical (unpaired) electrons. The smallest absolute Gasteiger partial charge is 0.335 e. The molecule has 0 spiro atoms. The summed E-state index contributed by atoms with van der Waals surface area (Å²) in [6, 6.07) is 7.09. The van der Waals surface area contributed by atoms with Gasteiger partial charge >= 0.3 is 5.97 Å². The van der Waals surface area contributed by atoms with Crippen molar-refractivity contribution in [3.63, 3.8) is 0 Å². The summed E-state index contributed by atoms with van der Waals surface area (Å²) in [5, 5.41) is 8.86. The first-order valence-corrected chi connectivity index (χ1v) is 7.70. The topological polar surface area (TPSA) is 37.3 Å². The molecule has 0 amide bonds. The molecule has 1 saturated carbocycles. The fourth-order valence-electron chi connectivity index (χ4n) is 3.06. The van der Waals surface area contributed by atoms with Gasteiger partial charge < -0.3 is 5.11 Å². The molecule has 0 unspecified atom stereocenters. The molecule has 2 nitrogen and oxygen atoms in total. The Hall–Kier alpha value is -1.57. The molecule has 1 aliphatic rings. The molecule has 0 atom stereocenters. The Bertz CT molecular complexity index is 451. The molecule has 1 N–H and O–H groups in total. The van der Waals surface area contributed by atoms with Crippen molar-refractivity contribution in [3.8, 4) is 0 Å². The van der Waals surface area contributed by atoms with Crippen LogP contribution in [0.15, 0.2) is 30.3 Å². The Morgan fingerprint density at radius 3 is 2.40 bits per heavy atom. The second-order valence-electron chi connectivity index (χ2n) is 5.86. The van der Waals surface area contributed by atoms with Gasteiger partial charge in [0.25, 0.3) is 0 Å². The van der Waals surface area contributed by atoms with E-state index in [-0.39, 0.29) is 0 Å². The maximum atomic E-state index is 10.8. The number of aromatic carboxylic acids is 1. The zero-order valence-electron chi connectivity index (χ0n) is 12.2. The third kappa shape index (κ3) is 4.22. The monoisotopic (exact) mass is 272 g/mol. The molecule has 20 heavy (non-hydrogen) atoms. The van der Waals surface area contributed by atoms with E-state index in [0.717, 1.165) is 11.5 Å². The summed E-state index contributed by atoms with van der Waals surface area (Å²) in [7, 11) is 0. The molecule has 108 valence electrons. The number of benzene rings is 1. The third-order valence-electron chi connectivity index (χ3n) is 4.31. The van der Waals surface area contributed by atoms with Crippen LogP contribution < -0.4 is 0 Å². The van der Waals surface area contributed by atoms with Gasteiger partial charge in [-0.2, -0.15) is 0 Å². The van der Waals surface area contributed by atoms with Crippen LogP contribution in [-0.4, -0.2) is 11.1 Å². The largest absolute Gasteiger partial charge is 0.478 e. The van der Waals surface area contributed by atoms with Crippen LogP contribution in [0, 0.1) is 11.8 Å². The average Bonchev–Trinajstić information content (AvgIpc) is 2.47. The van der Waals surface area contributed by atoms with Gasteiger partial charge in [-0.05, 0) is 55.2 Å². The Morgan fingerprint density at radius 2 is 1.85 bits per heavy atom. The van der Waals surface area contributed by atoms with Crippen LogP contribution in [-0.2, 0) is 0 Å². The molecular formula is C18H24O2. The maximum absolute atomic E-state index is 10.8. The lowest BCUT2D eigenvalue weighted by Gasteiger charge is -2.26. The minimum absolute atomic E-state index is 0.349. The molecule has 1 aromatic rings. The number of carboxylic acid groups (broad SMARTS) is 1. The van der Waals surface area contributed by atoms with Gasteiger partial charge in [0.05, 0.1) is 5.56 Å². The highest BCUT2D eigenvalue weighted by Gasteiger charge is 2.18. The van der Waals surface area contributed by atoms with Crippen molar-refractivity contribution in [2.24, 2.45) is 11.8 Å². The molecule has 0 saturated heterocycles. The lowest BCUT2D eigenvalue weighted by Crippen LogP contribution is -2.12. The quantitative estimate of drug-likeness (QED) is 0.818. The van der Waals surface area contributed by atoms with Gasteiger partial charge in [-0.1, -0.05) is 44.1 Å². The van der Waals surface area contributed by atoms with E-state index in [4.69, 9.17) is 5.11 Å². The van der Waals surface area contributed by atoms with Crippen molar-refractivity contribution in [1.29, 1.82) is 0 Å². The van der Waals surface area contributed by atoms with Gasteiger partial charge in [-0.15, -0.1) is 0 Å². The number of carboxylic acids is 1. The summed E-state index contributed by atoms with van der Waals surface area (Å²) >= 11 is 0. The maximum Gasteiger partial charge on any atom is 0.335 e. The van der Waals surface area contributed by atoms with Gasteiger partial charge in [-0.25, -0.2) is 4.79 Å². The van der Waals surface area contributed by atoms with Crippen LogP contribution in [0.25, 0.3) is 6.08 Å². The number of hydrogen-bond acceptors (Lipinski definition) is 1. The molecule has 2 rings (SSSR count). The van der Waals surface area contributed by atoms with E-state index >= 15 is 0 Å². The molecule has 1 aliphatic carbocycles. The summed E-state index contributed by atoms with van der Waals surface area (Å²) in [4.78, 5) is 10.8. The van der Waals surface area contributed by atoms with Crippen molar-refractivity contribution >= 4 is 12.0 Å². The van der Waals surface area contributed by atoms with Crippen molar-refractivity contribution in [3.05, 3.63) is 41.5 Å². The standard InChI is InChI=1S/C18H24O2/c1-2-3-14-4-6-15(7-5-14)8-9-16-10-12-17(13-11-16)18(19)20/h8-15H,2-7H2,1H3,(H,19,20)/b9-8+/t14-,15-. The summed E-state index contributed by atoms with van der Waals surface area (Å²) < 4.78 is 0. The first-order chi connectivity index (χ1) is 9.69. The van der Waals surface area contributed by atoms with Crippen molar-refractivity contribution in [2.45, 2.75) is 45.4 Å². The third-order valence-corrected chi connectivity index (χ3v) is 4.31. The summed E-state index contributed by atoms with van der Waals surface area (Å²) in [5.74, 6) is 0.775. The predicted octanol–water partition coefficient (Wildman–Crippen LogP) is 5.00. The normalized spacial score (nSPS) is 23.1. The molecule has 0 aliphatic heterocycles. The van der Waals surface area contributed by atoms with Gasteiger partial charge in [-0.3, -0.25) is 0 Å². The van der Waals surface area contributed by atoms with Crippen molar-refractivity contribution in [2.75, 3.05) is 0 Å². The van der Waals surface area contributed by atoms with Gasteiger partial charge in [0.2, 0.25) is 0 Å². The highest BCUT2D eigenvalue weighted by molar-refractivity contribution is 5.87. The van der Waals surface area contributed by atoms with Crippen LogP contribution >= 0.6 is 0 Å². The molecule has 0 bridgehead atoms. The second kappa shape index (κ2) is 7.28. The van der Waals surface area contributed by atoms with E-state index < -0.39 is 5.97 Å². The van der Waals surface area contributed by atoms with Gasteiger partial charge in [0, 0.05) is 0 Å². The fraction of sp³-hybridized carbons (Fsp3) is 0.500. The molecule has 2 heteroatoms. The zero-order valence-corrected chi connectivity index (χ0v) is 12.2. The number of allylic oxidation sites excluding steroid dienone is 1. The van der Waals surface area contributed by atoms with E-state index in [9.17, 15) is 4.79 Å². The van der Waals surface area contributed by atoms with Crippen LogP contribution in [0.2, 0.25) is 0 Å². The van der Waals surface area contributed by atoms with E-state index in [1.54, 1.807) is 12.1 Å². The molecule has 1 aromatic carbocycles. The molecule has 1 fully saturated rings. The Balaban J connectivity index is 1.85. The number of hydrogen-bond donors (Lipinski definition) is 1. The minimum atomic E-state index is -0.866. The molecular weight excluding hydrogens is 248 g/mol. The highest BCUT2D eigenvalue weighted by atomic mass is 16.4. The summed E-state index contributed by atoms with van der Waals surface area (Å²) in [5.41, 5.74) is 1.44. The Labute approximate surface area is 121 Å². The van der Waals surface area contributed by atoms with E-state index in [2.05, 4.69) is 19.1 Å². The Kier molecular flexibility index (Phi) is 5.40. The van der Waals surface area contributed by atoms with Crippen LogP contribution in [0.4, 0.5) is 0 Å². The zero-order chi connectivity index (χ0) is 14.4. The summed E-state index contributed by atoms with van der Waals surface area (Å²) in [6.07, 6.45) is 12.5. The first-order valence-electron chi connectivity index (χ1n) is 7.70. The number of rotatable bonds is 5. The minimum Gasteiger partial charge on any atom is -0.478 e. The van der Waals surface area contributed by atoms with E-state index in [0.29, 0.717) is 11.5 Å². The SMILES string of the molecule is CCC[C@H]1CC[C@H](/C=C/c2ccc(C(=O)O)cc2)CC1. The van der Waals surface area contributed by atoms with E-state index in [1.807, 2.05) is 12.1 Å². The molecule has 0 heterocycles. The second-order valence-corrected chi connectivity index (χ2v) is 5.86. The Morgan fingerprint density at radius 1 is 1.20 bits per heavy atom. The predicted molar refractivity (Wildman–Crippen MR) is 82.8 cm³/mol. The first kappa shape index (κ1) is 14.8. The number of carbonyl (C=O) groups is 1. The fourth-order valence-corrected chi connectivity index (χ4v) is 3.06. The van der Waals surface area contributed by atoms with Crippen LogP contribution in [0.5, 0.6) is 0 Å². The highest BCUT2D eigenvalue weighted by Crippen LogP contribution is 2.32.